The van der Waals surface area contributed by atoms with Gasteiger partial charge in [-0.2, -0.15) is 5.10 Å². The van der Waals surface area contributed by atoms with Crippen molar-refractivity contribution in [2.75, 3.05) is 6.54 Å². The standard InChI is InChI=1S/C16H22N4O2/c1-12(2)20-14(8-10-18-20)16(22)17-9-5-11-19-13(3)6-4-7-15(19)21/h4,6-8,10,12H,5,9,11H2,1-3H3,(H,17,22). The Bertz CT molecular complexity index is 700. The van der Waals surface area contributed by atoms with Crippen molar-refractivity contribution in [1.82, 2.24) is 19.7 Å². The first-order valence-electron chi connectivity index (χ1n) is 7.49. The van der Waals surface area contributed by atoms with E-state index in [1.165, 1.54) is 0 Å². The number of hydrogen-bond acceptors (Lipinski definition) is 3. The topological polar surface area (TPSA) is 68.9 Å². The van der Waals surface area contributed by atoms with Crippen molar-refractivity contribution in [3.8, 4) is 0 Å². The number of aromatic nitrogens is 3. The molecule has 1 N–H and O–H groups in total. The molecule has 0 unspecified atom stereocenters. The number of aryl methyl sites for hydroxylation is 1. The van der Waals surface area contributed by atoms with Gasteiger partial charge in [-0.25, -0.2) is 0 Å². The Morgan fingerprint density at radius 2 is 2.09 bits per heavy atom. The molecule has 2 aromatic heterocycles. The van der Waals surface area contributed by atoms with E-state index in [1.54, 1.807) is 33.6 Å². The normalized spacial score (nSPS) is 10.9. The molecule has 0 bridgehead atoms. The monoisotopic (exact) mass is 302 g/mol. The molecular weight excluding hydrogens is 280 g/mol. The van der Waals surface area contributed by atoms with E-state index in [0.717, 1.165) is 5.69 Å². The molecule has 1 amide bonds. The van der Waals surface area contributed by atoms with Gasteiger partial charge in [0.25, 0.3) is 11.5 Å². The number of nitrogens with zero attached hydrogens (tertiary/aromatic N) is 3. The van der Waals surface area contributed by atoms with E-state index in [-0.39, 0.29) is 17.5 Å². The zero-order valence-electron chi connectivity index (χ0n) is 13.2. The highest BCUT2D eigenvalue weighted by Gasteiger charge is 2.13. The molecule has 2 aromatic rings. The summed E-state index contributed by atoms with van der Waals surface area (Å²) in [5.74, 6) is -0.136. The highest BCUT2D eigenvalue weighted by molar-refractivity contribution is 5.92. The maximum atomic E-state index is 12.1. The second-order valence-corrected chi connectivity index (χ2v) is 5.52. The lowest BCUT2D eigenvalue weighted by atomic mass is 10.3. The van der Waals surface area contributed by atoms with Gasteiger partial charge in [-0.3, -0.25) is 14.3 Å². The number of carbonyl (C=O) groups is 1. The summed E-state index contributed by atoms with van der Waals surface area (Å²) in [6.07, 6.45) is 2.33. The fraction of sp³-hybridized carbons (Fsp3) is 0.438. The third-order valence-corrected chi connectivity index (χ3v) is 3.50. The predicted octanol–water partition coefficient (Wildman–Crippen LogP) is 1.75. The minimum absolute atomic E-state index is 0.00999. The molecule has 0 saturated carbocycles. The smallest absolute Gasteiger partial charge is 0.269 e. The Morgan fingerprint density at radius 3 is 2.77 bits per heavy atom. The first kappa shape index (κ1) is 16.0. The lowest BCUT2D eigenvalue weighted by Crippen LogP contribution is -2.29. The molecule has 0 spiro atoms. The third-order valence-electron chi connectivity index (χ3n) is 3.50. The highest BCUT2D eigenvalue weighted by Crippen LogP contribution is 2.07. The van der Waals surface area contributed by atoms with Gasteiger partial charge in [-0.15, -0.1) is 0 Å². The van der Waals surface area contributed by atoms with Crippen molar-refractivity contribution in [2.45, 2.75) is 39.8 Å². The van der Waals surface area contributed by atoms with Gasteiger partial charge in [0.2, 0.25) is 0 Å². The molecule has 6 nitrogen and oxygen atoms in total. The predicted molar refractivity (Wildman–Crippen MR) is 85.0 cm³/mol. The Hall–Kier alpha value is -2.37. The lowest BCUT2D eigenvalue weighted by Gasteiger charge is -2.12. The van der Waals surface area contributed by atoms with Crippen molar-refractivity contribution in [3.63, 3.8) is 0 Å². The van der Waals surface area contributed by atoms with Crippen LogP contribution in [0.3, 0.4) is 0 Å². The van der Waals surface area contributed by atoms with Crippen molar-refractivity contribution in [2.24, 2.45) is 0 Å². The fourth-order valence-corrected chi connectivity index (χ4v) is 2.35. The van der Waals surface area contributed by atoms with Crippen LogP contribution in [0.25, 0.3) is 0 Å². The van der Waals surface area contributed by atoms with Crippen LogP contribution < -0.4 is 10.9 Å². The molecular formula is C16H22N4O2. The number of nitrogens with one attached hydrogen (secondary N) is 1. The zero-order valence-corrected chi connectivity index (χ0v) is 13.2. The Labute approximate surface area is 129 Å². The molecule has 0 aromatic carbocycles. The molecule has 0 radical (unpaired) electrons. The van der Waals surface area contributed by atoms with Crippen LogP contribution >= 0.6 is 0 Å². The summed E-state index contributed by atoms with van der Waals surface area (Å²) in [5.41, 5.74) is 1.48. The van der Waals surface area contributed by atoms with Crippen LogP contribution in [0.5, 0.6) is 0 Å². The van der Waals surface area contributed by atoms with E-state index < -0.39 is 0 Å². The van der Waals surface area contributed by atoms with E-state index in [1.807, 2.05) is 26.8 Å². The van der Waals surface area contributed by atoms with Gasteiger partial charge in [-0.1, -0.05) is 6.07 Å². The summed E-state index contributed by atoms with van der Waals surface area (Å²) >= 11 is 0. The minimum atomic E-state index is -0.136. The van der Waals surface area contributed by atoms with Gasteiger partial charge >= 0.3 is 0 Å². The molecule has 0 saturated heterocycles. The summed E-state index contributed by atoms with van der Waals surface area (Å²) in [7, 11) is 0. The van der Waals surface area contributed by atoms with Gasteiger partial charge < -0.3 is 9.88 Å². The largest absolute Gasteiger partial charge is 0.351 e. The number of rotatable bonds is 6. The summed E-state index contributed by atoms with van der Waals surface area (Å²) in [6.45, 7) is 6.97. The first-order valence-corrected chi connectivity index (χ1v) is 7.49. The number of pyridine rings is 1. The molecule has 0 aliphatic rings. The molecule has 118 valence electrons. The summed E-state index contributed by atoms with van der Waals surface area (Å²) in [4.78, 5) is 23.9. The second kappa shape index (κ2) is 7.06. The molecule has 2 rings (SSSR count). The molecule has 6 heteroatoms. The van der Waals surface area contributed by atoms with Gasteiger partial charge in [0, 0.05) is 37.1 Å². The van der Waals surface area contributed by atoms with E-state index in [2.05, 4.69) is 10.4 Å². The van der Waals surface area contributed by atoms with E-state index >= 15 is 0 Å². The molecule has 2 heterocycles. The van der Waals surface area contributed by atoms with E-state index in [9.17, 15) is 9.59 Å². The maximum Gasteiger partial charge on any atom is 0.269 e. The highest BCUT2D eigenvalue weighted by atomic mass is 16.2. The van der Waals surface area contributed by atoms with Crippen molar-refractivity contribution < 1.29 is 4.79 Å². The van der Waals surface area contributed by atoms with Crippen LogP contribution in [0.2, 0.25) is 0 Å². The molecule has 22 heavy (non-hydrogen) atoms. The van der Waals surface area contributed by atoms with Crippen LogP contribution in [-0.4, -0.2) is 26.8 Å². The Balaban J connectivity index is 1.88. The van der Waals surface area contributed by atoms with E-state index in [0.29, 0.717) is 25.2 Å². The number of carbonyl (C=O) groups excluding carboxylic acids is 1. The summed E-state index contributed by atoms with van der Waals surface area (Å²) < 4.78 is 3.41. The third kappa shape index (κ3) is 3.63. The van der Waals surface area contributed by atoms with Gasteiger partial charge in [-0.05, 0) is 39.3 Å². The Morgan fingerprint density at radius 1 is 1.32 bits per heavy atom. The second-order valence-electron chi connectivity index (χ2n) is 5.52. The Kier molecular flexibility index (Phi) is 5.14. The van der Waals surface area contributed by atoms with Crippen LogP contribution in [0, 0.1) is 6.92 Å². The average molecular weight is 302 g/mol. The van der Waals surface area contributed by atoms with Crippen LogP contribution in [0.1, 0.15) is 42.5 Å². The zero-order chi connectivity index (χ0) is 16.1. The SMILES string of the molecule is Cc1cccc(=O)n1CCCNC(=O)c1ccnn1C(C)C. The summed E-state index contributed by atoms with van der Waals surface area (Å²) in [6, 6.07) is 7.05. The lowest BCUT2D eigenvalue weighted by molar-refractivity contribution is 0.0940. The van der Waals surface area contributed by atoms with Crippen LogP contribution in [0.4, 0.5) is 0 Å². The molecule has 0 aliphatic carbocycles. The molecule has 0 aliphatic heterocycles. The van der Waals surface area contributed by atoms with Gasteiger partial charge in [0.1, 0.15) is 5.69 Å². The maximum absolute atomic E-state index is 12.1. The average Bonchev–Trinajstić information content (AvgIpc) is 2.95. The molecule has 0 atom stereocenters. The molecule has 0 fully saturated rings. The van der Waals surface area contributed by atoms with Crippen molar-refractivity contribution >= 4 is 5.91 Å². The van der Waals surface area contributed by atoms with Crippen molar-refractivity contribution in [3.05, 3.63) is 52.2 Å². The first-order chi connectivity index (χ1) is 10.5. The van der Waals surface area contributed by atoms with E-state index in [4.69, 9.17) is 0 Å². The van der Waals surface area contributed by atoms with Crippen LogP contribution in [-0.2, 0) is 6.54 Å². The number of hydrogen-bond donors (Lipinski definition) is 1. The van der Waals surface area contributed by atoms with Gasteiger partial charge in [0.05, 0.1) is 0 Å². The van der Waals surface area contributed by atoms with Crippen molar-refractivity contribution in [1.29, 1.82) is 0 Å². The van der Waals surface area contributed by atoms with Crippen LogP contribution in [0.15, 0.2) is 35.3 Å². The number of amides is 1. The minimum Gasteiger partial charge on any atom is -0.351 e. The quantitative estimate of drug-likeness (QED) is 0.827. The van der Waals surface area contributed by atoms with Gasteiger partial charge in [0.15, 0.2) is 0 Å². The summed E-state index contributed by atoms with van der Waals surface area (Å²) in [5, 5.41) is 7.02. The fourth-order valence-electron chi connectivity index (χ4n) is 2.35.